The van der Waals surface area contributed by atoms with Crippen LogP contribution in [0, 0.1) is 0 Å². The minimum absolute atomic E-state index is 0.114. The van der Waals surface area contributed by atoms with Gasteiger partial charge < -0.3 is 15.0 Å². The molecule has 0 bridgehead atoms. The van der Waals surface area contributed by atoms with Crippen molar-refractivity contribution in [2.75, 3.05) is 6.61 Å². The Balaban J connectivity index is 2.30. The van der Waals surface area contributed by atoms with Crippen LogP contribution in [0.2, 0.25) is 20.1 Å². The molecule has 1 N–H and O–H groups in total. The summed E-state index contributed by atoms with van der Waals surface area (Å²) in [6.45, 7) is 7.28. The van der Waals surface area contributed by atoms with E-state index in [1.54, 1.807) is 30.3 Å². The predicted molar refractivity (Wildman–Crippen MR) is 131 cm³/mol. The molecule has 2 aromatic carbocycles. The summed E-state index contributed by atoms with van der Waals surface area (Å²) in [6, 6.07) is 9.02. The molecule has 2 amide bonds. The molecule has 32 heavy (non-hydrogen) atoms. The van der Waals surface area contributed by atoms with Crippen LogP contribution >= 0.6 is 46.4 Å². The van der Waals surface area contributed by atoms with Gasteiger partial charge in [0.15, 0.2) is 6.61 Å². The summed E-state index contributed by atoms with van der Waals surface area (Å²) in [5.41, 5.74) is 0.209. The molecule has 0 unspecified atom stereocenters. The average molecular weight is 520 g/mol. The number of benzene rings is 2. The third kappa shape index (κ3) is 7.73. The van der Waals surface area contributed by atoms with E-state index < -0.39 is 17.5 Å². The summed E-state index contributed by atoms with van der Waals surface area (Å²) in [7, 11) is 0. The van der Waals surface area contributed by atoms with Gasteiger partial charge in [0.05, 0.1) is 5.02 Å². The number of ether oxygens (including phenoxy) is 1. The Bertz CT molecular complexity index is 976. The fraction of sp³-hybridized carbons (Fsp3) is 0.391. The van der Waals surface area contributed by atoms with E-state index in [2.05, 4.69) is 5.32 Å². The Morgan fingerprint density at radius 3 is 2.12 bits per heavy atom. The van der Waals surface area contributed by atoms with E-state index >= 15 is 0 Å². The number of carbonyl (C=O) groups is 2. The van der Waals surface area contributed by atoms with Gasteiger partial charge in [-0.2, -0.15) is 0 Å². The number of rotatable bonds is 8. The lowest BCUT2D eigenvalue weighted by Gasteiger charge is -2.33. The molecule has 2 rings (SSSR count). The molecule has 0 heterocycles. The second kappa shape index (κ2) is 11.5. The number of halogens is 4. The van der Waals surface area contributed by atoms with Crippen molar-refractivity contribution in [3.8, 4) is 5.75 Å². The standard InChI is InChI=1S/C23H26Cl4N2O3/c1-5-19(22(31)28-23(2,3)4)29(12-14-6-7-15(24)10-17(14)26)21(30)13-32-20-9-8-16(25)11-18(20)27/h6-11,19H,5,12-13H2,1-4H3,(H,28,31)/t19-/m0/s1. The Hall–Kier alpha value is -1.66. The second-order valence-corrected chi connectivity index (χ2v) is 9.97. The van der Waals surface area contributed by atoms with E-state index in [9.17, 15) is 9.59 Å². The van der Waals surface area contributed by atoms with Gasteiger partial charge in [-0.05, 0) is 63.1 Å². The van der Waals surface area contributed by atoms with Crippen LogP contribution in [0.4, 0.5) is 0 Å². The van der Waals surface area contributed by atoms with E-state index in [-0.39, 0.29) is 24.1 Å². The first-order valence-corrected chi connectivity index (χ1v) is 11.6. The fourth-order valence-corrected chi connectivity index (χ4v) is 3.95. The van der Waals surface area contributed by atoms with Gasteiger partial charge in [0, 0.05) is 27.2 Å². The maximum Gasteiger partial charge on any atom is 0.261 e. The molecule has 0 saturated heterocycles. The maximum atomic E-state index is 13.2. The molecular formula is C23H26Cl4N2O3. The molecule has 0 radical (unpaired) electrons. The molecule has 0 aliphatic heterocycles. The first-order valence-electron chi connectivity index (χ1n) is 10.0. The highest BCUT2D eigenvalue weighted by atomic mass is 35.5. The fourth-order valence-electron chi connectivity index (χ4n) is 3.02. The van der Waals surface area contributed by atoms with Gasteiger partial charge in [-0.3, -0.25) is 9.59 Å². The third-order valence-electron chi connectivity index (χ3n) is 4.48. The Kier molecular flexibility index (Phi) is 9.53. The van der Waals surface area contributed by atoms with E-state index in [0.717, 1.165) is 0 Å². The SMILES string of the molecule is CC[C@@H](C(=O)NC(C)(C)C)N(Cc1ccc(Cl)cc1Cl)C(=O)COc1ccc(Cl)cc1Cl. The average Bonchev–Trinajstić information content (AvgIpc) is 2.67. The first-order chi connectivity index (χ1) is 14.9. The number of nitrogens with one attached hydrogen (secondary N) is 1. The number of nitrogens with zero attached hydrogens (tertiary/aromatic N) is 1. The summed E-state index contributed by atoms with van der Waals surface area (Å²) < 4.78 is 5.63. The summed E-state index contributed by atoms with van der Waals surface area (Å²) in [4.78, 5) is 27.7. The van der Waals surface area contributed by atoms with Crippen molar-refractivity contribution in [1.82, 2.24) is 10.2 Å². The molecule has 0 aliphatic carbocycles. The van der Waals surface area contributed by atoms with Crippen LogP contribution in [0.5, 0.6) is 5.75 Å². The van der Waals surface area contributed by atoms with Crippen molar-refractivity contribution in [2.45, 2.75) is 52.2 Å². The molecule has 9 heteroatoms. The van der Waals surface area contributed by atoms with Crippen molar-refractivity contribution in [1.29, 1.82) is 0 Å². The summed E-state index contributed by atoms with van der Waals surface area (Å²) in [5, 5.41) is 4.57. The number of amides is 2. The Labute approximate surface area is 208 Å². The van der Waals surface area contributed by atoms with Crippen LogP contribution in [0.1, 0.15) is 39.7 Å². The molecule has 5 nitrogen and oxygen atoms in total. The lowest BCUT2D eigenvalue weighted by atomic mass is 10.1. The molecular weight excluding hydrogens is 494 g/mol. The second-order valence-electron chi connectivity index (χ2n) is 8.28. The molecule has 0 aliphatic rings. The number of hydrogen-bond acceptors (Lipinski definition) is 3. The quantitative estimate of drug-likeness (QED) is 0.438. The van der Waals surface area contributed by atoms with Crippen LogP contribution in [-0.2, 0) is 16.1 Å². The molecule has 174 valence electrons. The van der Waals surface area contributed by atoms with Crippen LogP contribution in [-0.4, -0.2) is 34.9 Å². The lowest BCUT2D eigenvalue weighted by Crippen LogP contribution is -2.54. The van der Waals surface area contributed by atoms with Gasteiger partial charge in [-0.25, -0.2) is 0 Å². The third-order valence-corrected chi connectivity index (χ3v) is 5.60. The maximum absolute atomic E-state index is 13.2. The predicted octanol–water partition coefficient (Wildman–Crippen LogP) is 6.40. The van der Waals surface area contributed by atoms with E-state index in [1.165, 1.54) is 11.0 Å². The van der Waals surface area contributed by atoms with Gasteiger partial charge in [0.2, 0.25) is 5.91 Å². The normalized spacial score (nSPS) is 12.2. The largest absolute Gasteiger partial charge is 0.482 e. The molecule has 0 spiro atoms. The highest BCUT2D eigenvalue weighted by Gasteiger charge is 2.31. The van der Waals surface area contributed by atoms with Crippen LogP contribution in [0.3, 0.4) is 0 Å². The Morgan fingerprint density at radius 2 is 1.59 bits per heavy atom. The lowest BCUT2D eigenvalue weighted by molar-refractivity contribution is -0.143. The number of hydrogen-bond donors (Lipinski definition) is 1. The van der Waals surface area contributed by atoms with Gasteiger partial charge in [0.1, 0.15) is 11.8 Å². The Morgan fingerprint density at radius 1 is 1.00 bits per heavy atom. The molecule has 0 saturated carbocycles. The number of carbonyl (C=O) groups excluding carboxylic acids is 2. The summed E-state index contributed by atoms with van der Waals surface area (Å²) >= 11 is 24.4. The van der Waals surface area contributed by atoms with Crippen LogP contribution in [0.15, 0.2) is 36.4 Å². The highest BCUT2D eigenvalue weighted by Crippen LogP contribution is 2.28. The molecule has 1 atom stereocenters. The van der Waals surface area contributed by atoms with E-state index in [1.807, 2.05) is 27.7 Å². The topological polar surface area (TPSA) is 58.6 Å². The van der Waals surface area contributed by atoms with Crippen molar-refractivity contribution in [3.63, 3.8) is 0 Å². The van der Waals surface area contributed by atoms with Gasteiger partial charge >= 0.3 is 0 Å². The van der Waals surface area contributed by atoms with E-state index in [4.69, 9.17) is 51.1 Å². The van der Waals surface area contributed by atoms with Gasteiger partial charge in [0.25, 0.3) is 5.91 Å². The molecule has 2 aromatic rings. The van der Waals surface area contributed by atoms with Crippen LogP contribution in [0.25, 0.3) is 0 Å². The van der Waals surface area contributed by atoms with Crippen molar-refractivity contribution in [2.24, 2.45) is 0 Å². The molecule has 0 fully saturated rings. The zero-order valence-corrected chi connectivity index (χ0v) is 21.4. The zero-order valence-electron chi connectivity index (χ0n) is 18.3. The minimum Gasteiger partial charge on any atom is -0.482 e. The minimum atomic E-state index is -0.724. The van der Waals surface area contributed by atoms with Gasteiger partial charge in [-0.1, -0.05) is 59.4 Å². The first kappa shape index (κ1) is 26.6. The van der Waals surface area contributed by atoms with Crippen molar-refractivity contribution >= 4 is 58.2 Å². The smallest absolute Gasteiger partial charge is 0.261 e. The van der Waals surface area contributed by atoms with Gasteiger partial charge in [-0.15, -0.1) is 0 Å². The molecule has 0 aromatic heterocycles. The summed E-state index contributed by atoms with van der Waals surface area (Å²) in [5.74, 6) is -0.331. The zero-order chi connectivity index (χ0) is 24.1. The van der Waals surface area contributed by atoms with Crippen molar-refractivity contribution < 1.29 is 14.3 Å². The highest BCUT2D eigenvalue weighted by molar-refractivity contribution is 6.35. The monoisotopic (exact) mass is 518 g/mol. The van der Waals surface area contributed by atoms with E-state index in [0.29, 0.717) is 32.8 Å². The van der Waals surface area contributed by atoms with Crippen LogP contribution < -0.4 is 10.1 Å². The van der Waals surface area contributed by atoms with Crippen molar-refractivity contribution in [3.05, 3.63) is 62.1 Å². The summed E-state index contributed by atoms with van der Waals surface area (Å²) in [6.07, 6.45) is 0.403.